The Labute approximate surface area is 107 Å². The van der Waals surface area contributed by atoms with Crippen LogP contribution in [0, 0.1) is 0 Å². The van der Waals surface area contributed by atoms with Gasteiger partial charge in [-0.25, -0.2) is 0 Å². The van der Waals surface area contributed by atoms with Crippen LogP contribution in [0.2, 0.25) is 0 Å². The SMILES string of the molecule is Nc1ccccc1N.O=S(=O)=Nc1ccccc1. The fourth-order valence-corrected chi connectivity index (χ4v) is 1.38. The number of nitrogens with zero attached hydrogens (tertiary/aromatic N) is 1. The van der Waals surface area contributed by atoms with E-state index in [4.69, 9.17) is 11.5 Å². The van der Waals surface area contributed by atoms with Gasteiger partial charge in [0.15, 0.2) is 0 Å². The highest BCUT2D eigenvalue weighted by Crippen LogP contribution is 2.10. The molecule has 0 bridgehead atoms. The zero-order chi connectivity index (χ0) is 13.4. The van der Waals surface area contributed by atoms with Crippen molar-refractivity contribution in [1.29, 1.82) is 0 Å². The molecule has 5 nitrogen and oxygen atoms in total. The van der Waals surface area contributed by atoms with Gasteiger partial charge in [0.05, 0.1) is 17.1 Å². The molecule has 2 rings (SSSR count). The molecule has 0 unspecified atom stereocenters. The second-order valence-electron chi connectivity index (χ2n) is 3.27. The van der Waals surface area contributed by atoms with Crippen LogP contribution in [0.4, 0.5) is 17.1 Å². The Morgan fingerprint density at radius 1 is 0.778 bits per heavy atom. The molecule has 0 saturated carbocycles. The van der Waals surface area contributed by atoms with Gasteiger partial charge in [0.25, 0.3) is 0 Å². The minimum Gasteiger partial charge on any atom is -0.397 e. The van der Waals surface area contributed by atoms with Crippen LogP contribution >= 0.6 is 0 Å². The smallest absolute Gasteiger partial charge is 0.316 e. The molecule has 0 aliphatic heterocycles. The second kappa shape index (κ2) is 7.08. The van der Waals surface area contributed by atoms with E-state index in [1.807, 2.05) is 12.1 Å². The van der Waals surface area contributed by atoms with Crippen molar-refractivity contribution in [2.45, 2.75) is 0 Å². The summed E-state index contributed by atoms with van der Waals surface area (Å²) >= 11 is 0. The van der Waals surface area contributed by atoms with E-state index in [0.29, 0.717) is 17.1 Å². The van der Waals surface area contributed by atoms with Crippen molar-refractivity contribution in [3.05, 3.63) is 54.6 Å². The van der Waals surface area contributed by atoms with Crippen LogP contribution in [0.25, 0.3) is 0 Å². The third-order valence-electron chi connectivity index (χ3n) is 1.93. The molecule has 0 aliphatic carbocycles. The van der Waals surface area contributed by atoms with E-state index >= 15 is 0 Å². The molecule has 2 aromatic carbocycles. The van der Waals surface area contributed by atoms with Gasteiger partial charge in [-0.2, -0.15) is 8.42 Å². The lowest BCUT2D eigenvalue weighted by Crippen LogP contribution is -1.91. The summed E-state index contributed by atoms with van der Waals surface area (Å²) in [5.41, 5.74) is 12.5. The number of nitrogens with two attached hydrogens (primary N) is 2. The standard InChI is InChI=1S/C6H8N2.C6H5NO2S/c7-5-3-1-2-4-6(5)8;8-10(9)7-6-4-2-1-3-5-6/h1-4H,7-8H2;1-5H. The number of para-hydroxylation sites is 2. The second-order valence-corrected chi connectivity index (χ2v) is 3.89. The van der Waals surface area contributed by atoms with E-state index in [1.165, 1.54) is 0 Å². The number of rotatable bonds is 1. The molecule has 0 saturated heterocycles. The molecule has 18 heavy (non-hydrogen) atoms. The van der Waals surface area contributed by atoms with Gasteiger partial charge >= 0.3 is 10.5 Å². The summed E-state index contributed by atoms with van der Waals surface area (Å²) in [6.45, 7) is 0. The first-order chi connectivity index (χ1) is 8.59. The van der Waals surface area contributed by atoms with Crippen molar-refractivity contribution in [3.63, 3.8) is 0 Å². The van der Waals surface area contributed by atoms with Crippen LogP contribution in [0.15, 0.2) is 59.0 Å². The Hall–Kier alpha value is -2.34. The summed E-state index contributed by atoms with van der Waals surface area (Å²) in [6, 6.07) is 15.7. The fraction of sp³-hybridized carbons (Fsp3) is 0. The largest absolute Gasteiger partial charge is 0.397 e. The third kappa shape index (κ3) is 5.13. The number of anilines is 2. The minimum atomic E-state index is -2.34. The summed E-state index contributed by atoms with van der Waals surface area (Å²) in [5.74, 6) is 0. The minimum absolute atomic E-state index is 0.454. The molecular formula is C12H13N3O2S. The normalized spacial score (nSPS) is 8.89. The first-order valence-corrected chi connectivity index (χ1v) is 6.09. The Morgan fingerprint density at radius 2 is 1.22 bits per heavy atom. The maximum atomic E-state index is 10.0. The van der Waals surface area contributed by atoms with Crippen LogP contribution in [0.5, 0.6) is 0 Å². The van der Waals surface area contributed by atoms with Crippen LogP contribution in [-0.2, 0) is 10.5 Å². The van der Waals surface area contributed by atoms with Gasteiger partial charge in [-0.05, 0) is 24.3 Å². The summed E-state index contributed by atoms with van der Waals surface area (Å²) in [7, 11) is -2.34. The Kier molecular flexibility index (Phi) is 5.40. The Bertz CT molecular complexity index is 596. The van der Waals surface area contributed by atoms with Crippen molar-refractivity contribution in [1.82, 2.24) is 0 Å². The summed E-state index contributed by atoms with van der Waals surface area (Å²) in [6.07, 6.45) is 0. The lowest BCUT2D eigenvalue weighted by Gasteiger charge is -1.94. The number of nitrogen functional groups attached to an aromatic ring is 2. The van der Waals surface area contributed by atoms with Gasteiger partial charge < -0.3 is 11.5 Å². The van der Waals surface area contributed by atoms with E-state index in [-0.39, 0.29) is 0 Å². The third-order valence-corrected chi connectivity index (χ3v) is 2.29. The molecule has 0 amide bonds. The number of benzene rings is 2. The number of hydrogen-bond donors (Lipinski definition) is 2. The Morgan fingerprint density at radius 3 is 1.61 bits per heavy atom. The van der Waals surface area contributed by atoms with Crippen LogP contribution in [-0.4, -0.2) is 8.42 Å². The molecule has 0 fully saturated rings. The summed E-state index contributed by atoms with van der Waals surface area (Å²) in [5, 5.41) is 0. The molecule has 0 spiro atoms. The first kappa shape index (κ1) is 13.7. The maximum Gasteiger partial charge on any atom is 0.316 e. The van der Waals surface area contributed by atoms with Gasteiger partial charge in [0.2, 0.25) is 0 Å². The van der Waals surface area contributed by atoms with Gasteiger partial charge in [0.1, 0.15) is 0 Å². The first-order valence-electron chi connectivity index (χ1n) is 5.05. The predicted octanol–water partition coefficient (Wildman–Crippen LogP) is 2.23. The molecule has 4 N–H and O–H groups in total. The lowest BCUT2D eigenvalue weighted by molar-refractivity contribution is 0.622. The van der Waals surface area contributed by atoms with Gasteiger partial charge in [-0.1, -0.05) is 30.3 Å². The van der Waals surface area contributed by atoms with Gasteiger partial charge in [0, 0.05) is 0 Å². The van der Waals surface area contributed by atoms with Crippen molar-refractivity contribution >= 4 is 27.6 Å². The van der Waals surface area contributed by atoms with E-state index in [2.05, 4.69) is 4.36 Å². The molecule has 0 radical (unpaired) electrons. The van der Waals surface area contributed by atoms with Crippen molar-refractivity contribution in [2.24, 2.45) is 4.36 Å². The number of hydrogen-bond acceptors (Lipinski definition) is 5. The van der Waals surface area contributed by atoms with Crippen LogP contribution in [0.3, 0.4) is 0 Å². The fourth-order valence-electron chi connectivity index (χ4n) is 1.09. The van der Waals surface area contributed by atoms with Crippen molar-refractivity contribution < 1.29 is 8.42 Å². The van der Waals surface area contributed by atoms with Crippen molar-refractivity contribution in [2.75, 3.05) is 11.5 Å². The van der Waals surface area contributed by atoms with Gasteiger partial charge in [-0.3, -0.25) is 0 Å². The molecule has 0 aromatic heterocycles. The van der Waals surface area contributed by atoms with Crippen LogP contribution in [0.1, 0.15) is 0 Å². The predicted molar refractivity (Wildman–Crippen MR) is 72.7 cm³/mol. The molecule has 0 atom stereocenters. The topological polar surface area (TPSA) is 98.5 Å². The highest BCUT2D eigenvalue weighted by Gasteiger charge is 1.85. The highest BCUT2D eigenvalue weighted by atomic mass is 32.2. The molecule has 0 aliphatic rings. The summed E-state index contributed by atoms with van der Waals surface area (Å²) < 4.78 is 23.3. The quantitative estimate of drug-likeness (QED) is 0.771. The molecule has 94 valence electrons. The monoisotopic (exact) mass is 263 g/mol. The van der Waals surface area contributed by atoms with E-state index in [9.17, 15) is 8.42 Å². The summed E-state index contributed by atoms with van der Waals surface area (Å²) in [4.78, 5) is 0. The van der Waals surface area contributed by atoms with Crippen molar-refractivity contribution in [3.8, 4) is 0 Å². The average Bonchev–Trinajstić information content (AvgIpc) is 2.34. The molecule has 6 heteroatoms. The lowest BCUT2D eigenvalue weighted by atomic mass is 10.3. The zero-order valence-corrected chi connectivity index (χ0v) is 10.3. The maximum absolute atomic E-state index is 10.0. The van der Waals surface area contributed by atoms with E-state index in [1.54, 1.807) is 42.5 Å². The van der Waals surface area contributed by atoms with Crippen LogP contribution < -0.4 is 11.5 Å². The average molecular weight is 263 g/mol. The van der Waals surface area contributed by atoms with Gasteiger partial charge in [-0.15, -0.1) is 4.36 Å². The van der Waals surface area contributed by atoms with E-state index in [0.717, 1.165) is 0 Å². The van der Waals surface area contributed by atoms with E-state index < -0.39 is 10.5 Å². The Balaban J connectivity index is 0.000000184. The molecular weight excluding hydrogens is 250 g/mol. The highest BCUT2D eigenvalue weighted by molar-refractivity contribution is 7.61. The molecule has 2 aromatic rings. The molecule has 0 heterocycles. The zero-order valence-electron chi connectivity index (χ0n) is 9.52.